The van der Waals surface area contributed by atoms with E-state index in [1.165, 1.54) is 6.07 Å². The van der Waals surface area contributed by atoms with Gasteiger partial charge in [-0.25, -0.2) is 4.98 Å². The van der Waals surface area contributed by atoms with Crippen molar-refractivity contribution in [2.24, 2.45) is 0 Å². The van der Waals surface area contributed by atoms with E-state index >= 15 is 0 Å². The van der Waals surface area contributed by atoms with E-state index in [9.17, 15) is 0 Å². The molecule has 1 radical (unpaired) electrons. The molecule has 0 amide bonds. The second-order valence-electron chi connectivity index (χ2n) is 8.98. The van der Waals surface area contributed by atoms with Gasteiger partial charge < -0.3 is 14.4 Å². The Balaban J connectivity index is 0.000000228. The Morgan fingerprint density at radius 3 is 2.53 bits per heavy atom. The van der Waals surface area contributed by atoms with Crippen LogP contribution in [0, 0.1) is 19.0 Å². The fourth-order valence-corrected chi connectivity index (χ4v) is 4.76. The van der Waals surface area contributed by atoms with Gasteiger partial charge in [0.05, 0.1) is 5.58 Å². The first kappa shape index (κ1) is 21.3. The average molecular weight is 678 g/mol. The van der Waals surface area contributed by atoms with Crippen LogP contribution >= 0.6 is 0 Å². The van der Waals surface area contributed by atoms with Gasteiger partial charge in [0.1, 0.15) is 0 Å². The molecule has 0 unspecified atom stereocenters. The van der Waals surface area contributed by atoms with Crippen molar-refractivity contribution in [2.45, 2.75) is 38.4 Å². The van der Waals surface area contributed by atoms with E-state index in [0.29, 0.717) is 22.6 Å². The van der Waals surface area contributed by atoms with Crippen LogP contribution in [0.2, 0.25) is 0 Å². The van der Waals surface area contributed by atoms with Crippen LogP contribution in [-0.2, 0) is 20.1 Å². The van der Waals surface area contributed by atoms with Crippen LogP contribution in [0.3, 0.4) is 0 Å². The molecule has 0 aliphatic heterocycles. The number of hydrogen-bond donors (Lipinski definition) is 0. The Bertz CT molecular complexity index is 1760. The molecule has 1 aliphatic rings. The summed E-state index contributed by atoms with van der Waals surface area (Å²) >= 11 is 0. The van der Waals surface area contributed by atoms with Crippen LogP contribution in [-0.4, -0.2) is 15.0 Å². The Morgan fingerprint density at radius 1 is 0.868 bits per heavy atom. The predicted octanol–water partition coefficient (Wildman–Crippen LogP) is 8.36. The van der Waals surface area contributed by atoms with Gasteiger partial charge in [-0.3, -0.25) is 0 Å². The molecule has 1 aliphatic carbocycles. The number of aromatic nitrogens is 3. The fraction of sp³-hybridized carbons (Fsp3) is 0.182. The molecule has 0 saturated heterocycles. The Kier molecular flexibility index (Phi) is 6.62. The number of furan rings is 1. The number of aryl methyl sites for hydroxylation is 1. The van der Waals surface area contributed by atoms with Crippen molar-refractivity contribution in [3.63, 3.8) is 0 Å². The molecule has 1 fully saturated rings. The molecule has 4 nitrogen and oxygen atoms in total. The van der Waals surface area contributed by atoms with Crippen molar-refractivity contribution >= 4 is 22.1 Å². The van der Waals surface area contributed by atoms with Crippen molar-refractivity contribution < 1.29 is 30.0 Å². The number of fused-ring (bicyclic) bond motifs is 3. The molecule has 0 N–H and O–H groups in total. The molecule has 5 heteroatoms. The summed E-state index contributed by atoms with van der Waals surface area (Å²) in [6.45, 7) is -2.29. The zero-order chi connectivity index (χ0) is 28.5. The molecular weight excluding hydrogens is 647 g/mol. The number of nitrogens with zero attached hydrogens (tertiary/aromatic N) is 3. The van der Waals surface area contributed by atoms with Gasteiger partial charge in [0, 0.05) is 49.1 Å². The molecule has 6 aromatic rings. The normalized spacial score (nSPS) is 15.9. The van der Waals surface area contributed by atoms with E-state index in [-0.39, 0.29) is 25.8 Å². The van der Waals surface area contributed by atoms with E-state index in [2.05, 4.69) is 27.1 Å². The van der Waals surface area contributed by atoms with Gasteiger partial charge in [-0.1, -0.05) is 47.6 Å². The molecule has 0 spiro atoms. The van der Waals surface area contributed by atoms with E-state index in [1.807, 2.05) is 66.7 Å². The third-order valence-corrected chi connectivity index (χ3v) is 6.58. The van der Waals surface area contributed by atoms with Crippen LogP contribution in [0.4, 0.5) is 0 Å². The van der Waals surface area contributed by atoms with Gasteiger partial charge in [-0.2, -0.15) is 0 Å². The number of rotatable bonds is 3. The van der Waals surface area contributed by atoms with Gasteiger partial charge in [-0.05, 0) is 61.2 Å². The molecule has 191 valence electrons. The standard InChI is InChI=1S/C22H19N2O.C11H8N.Ir/c1-14-9-10-18-17-7-4-8-19(21(17)25-22(18)24-14)20-13-16(11-12-23-20)15-5-2-3-6-15;1-2-6-10(7-3-1)11-8-4-5-9-12-11;/h4,7,9-13,15H,2-3,5-6H2,1H3;1-6,8-9H;/q2*-1;/i1D3,15D;;. The Hall–Kier alpha value is -3.66. The van der Waals surface area contributed by atoms with E-state index in [1.54, 1.807) is 18.5 Å². The van der Waals surface area contributed by atoms with Crippen molar-refractivity contribution in [3.8, 4) is 22.5 Å². The molecule has 4 aromatic heterocycles. The monoisotopic (exact) mass is 678 g/mol. The van der Waals surface area contributed by atoms with Crippen molar-refractivity contribution in [2.75, 3.05) is 0 Å². The van der Waals surface area contributed by atoms with Crippen molar-refractivity contribution in [3.05, 3.63) is 115 Å². The third kappa shape index (κ3) is 5.45. The van der Waals surface area contributed by atoms with Crippen LogP contribution < -0.4 is 0 Å². The van der Waals surface area contributed by atoms with Crippen LogP contribution in [0.25, 0.3) is 44.6 Å². The summed E-state index contributed by atoms with van der Waals surface area (Å²) in [7, 11) is 0. The van der Waals surface area contributed by atoms with E-state index in [4.69, 9.17) is 9.90 Å². The summed E-state index contributed by atoms with van der Waals surface area (Å²) in [5.41, 5.74) is 5.24. The van der Waals surface area contributed by atoms with Crippen LogP contribution in [0.5, 0.6) is 0 Å². The van der Waals surface area contributed by atoms with E-state index < -0.39 is 12.7 Å². The van der Waals surface area contributed by atoms with Gasteiger partial charge in [0.2, 0.25) is 5.71 Å². The van der Waals surface area contributed by atoms with Gasteiger partial charge in [-0.15, -0.1) is 54.1 Å². The second-order valence-corrected chi connectivity index (χ2v) is 8.98. The zero-order valence-corrected chi connectivity index (χ0v) is 23.0. The smallest absolute Gasteiger partial charge is 0.216 e. The summed E-state index contributed by atoms with van der Waals surface area (Å²) < 4.78 is 37.5. The minimum Gasteiger partial charge on any atom is -0.486 e. The topological polar surface area (TPSA) is 51.8 Å². The first-order chi connectivity index (χ1) is 19.8. The number of hydrogen-bond acceptors (Lipinski definition) is 4. The molecule has 1 saturated carbocycles. The number of benzene rings is 2. The maximum atomic E-state index is 8.79. The van der Waals surface area contributed by atoms with E-state index in [0.717, 1.165) is 53.3 Å². The molecule has 0 bridgehead atoms. The van der Waals surface area contributed by atoms with Crippen molar-refractivity contribution in [1.82, 2.24) is 15.0 Å². The quantitative estimate of drug-likeness (QED) is 0.177. The summed E-state index contributed by atoms with van der Waals surface area (Å²) in [5.74, 6) is -0.560. The molecule has 0 atom stereocenters. The SMILES string of the molecule is [2H]C([2H])([2H])c1ccc2c(n1)oc1c(-c3cc(C4([2H])CCCC4)ccn3)[c-]ccc12.[Ir].[c-]1ccccc1-c1ccccn1. The van der Waals surface area contributed by atoms with Gasteiger partial charge >= 0.3 is 0 Å². The summed E-state index contributed by atoms with van der Waals surface area (Å²) in [4.78, 5) is 12.9. The first-order valence-corrected chi connectivity index (χ1v) is 12.4. The average Bonchev–Trinajstić information content (AvgIpc) is 3.62. The largest absolute Gasteiger partial charge is 0.486 e. The van der Waals surface area contributed by atoms with Gasteiger partial charge in [0.15, 0.2) is 0 Å². The van der Waals surface area contributed by atoms with Crippen LogP contribution in [0.15, 0.2) is 95.7 Å². The summed E-state index contributed by atoms with van der Waals surface area (Å²) in [5, 5.41) is 1.60. The third-order valence-electron chi connectivity index (χ3n) is 6.58. The first-order valence-electron chi connectivity index (χ1n) is 14.4. The Labute approximate surface area is 242 Å². The summed E-state index contributed by atoms with van der Waals surface area (Å²) in [6.07, 6.45) is 7.39. The molecule has 38 heavy (non-hydrogen) atoms. The van der Waals surface area contributed by atoms with Crippen LogP contribution in [0.1, 0.15) is 48.3 Å². The van der Waals surface area contributed by atoms with Crippen molar-refractivity contribution in [1.29, 1.82) is 0 Å². The molecule has 2 aromatic carbocycles. The fourth-order valence-electron chi connectivity index (χ4n) is 4.76. The molecule has 4 heterocycles. The summed E-state index contributed by atoms with van der Waals surface area (Å²) in [6, 6.07) is 30.9. The minimum absolute atomic E-state index is 0. The predicted molar refractivity (Wildman–Crippen MR) is 148 cm³/mol. The van der Waals surface area contributed by atoms with Gasteiger partial charge in [0.25, 0.3) is 0 Å². The second kappa shape index (κ2) is 11.8. The molecular formula is C33H27IrN3O-2. The maximum Gasteiger partial charge on any atom is 0.216 e. The zero-order valence-electron chi connectivity index (χ0n) is 24.6. The minimum atomic E-state index is -2.29. The maximum absolute atomic E-state index is 8.79. The Morgan fingerprint density at radius 2 is 1.74 bits per heavy atom. The molecule has 7 rings (SSSR count). The number of pyridine rings is 3.